The molecule has 144 valence electrons. The van der Waals surface area contributed by atoms with Gasteiger partial charge in [-0.15, -0.1) is 0 Å². The molecule has 2 aliphatic rings. The predicted octanol–water partition coefficient (Wildman–Crippen LogP) is 0.427. The molecule has 1 unspecified atom stereocenters. The molecule has 1 aromatic carbocycles. The summed E-state index contributed by atoms with van der Waals surface area (Å²) >= 11 is 0. The van der Waals surface area contributed by atoms with Gasteiger partial charge in [-0.25, -0.2) is 12.8 Å². The van der Waals surface area contributed by atoms with Crippen LogP contribution in [0.25, 0.3) is 0 Å². The summed E-state index contributed by atoms with van der Waals surface area (Å²) in [5, 5.41) is 3.11. The van der Waals surface area contributed by atoms with Gasteiger partial charge < -0.3 is 15.0 Å². The molecule has 0 bridgehead atoms. The second-order valence-electron chi connectivity index (χ2n) is 6.50. The van der Waals surface area contributed by atoms with Gasteiger partial charge >= 0.3 is 0 Å². The first-order valence-corrected chi connectivity index (χ1v) is 10.3. The molecule has 1 atom stereocenters. The number of carbonyl (C=O) groups excluding carboxylic acids is 1. The van der Waals surface area contributed by atoms with Gasteiger partial charge in [-0.2, -0.15) is 4.31 Å². The normalized spacial score (nSPS) is 21.9. The van der Waals surface area contributed by atoms with Crippen LogP contribution < -0.4 is 5.32 Å². The standard InChI is InChI=1S/C17H24FN3O4S/c18-14-3-5-16(6-4-14)26(23,24)21-9-7-20(8-10-21)17(22)13-19-12-15-2-1-11-25-15/h3-6,15,19H,1-2,7-13H2. The number of sulfonamides is 1. The van der Waals surface area contributed by atoms with Crippen molar-refractivity contribution in [2.75, 3.05) is 45.9 Å². The summed E-state index contributed by atoms with van der Waals surface area (Å²) in [6, 6.07) is 4.78. The second-order valence-corrected chi connectivity index (χ2v) is 8.44. The van der Waals surface area contributed by atoms with E-state index in [9.17, 15) is 17.6 Å². The van der Waals surface area contributed by atoms with Gasteiger partial charge in [-0.05, 0) is 37.1 Å². The second kappa shape index (κ2) is 8.43. The molecule has 1 N–H and O–H groups in total. The minimum atomic E-state index is -3.66. The highest BCUT2D eigenvalue weighted by atomic mass is 32.2. The SMILES string of the molecule is O=C(CNCC1CCCO1)N1CCN(S(=O)(=O)c2ccc(F)cc2)CC1. The Bertz CT molecular complexity index is 712. The smallest absolute Gasteiger partial charge is 0.243 e. The quantitative estimate of drug-likeness (QED) is 0.768. The predicted molar refractivity (Wildman–Crippen MR) is 93.6 cm³/mol. The number of nitrogens with one attached hydrogen (secondary N) is 1. The molecule has 0 saturated carbocycles. The van der Waals surface area contributed by atoms with E-state index >= 15 is 0 Å². The molecule has 2 aliphatic heterocycles. The van der Waals surface area contributed by atoms with Crippen molar-refractivity contribution in [1.82, 2.24) is 14.5 Å². The first-order valence-electron chi connectivity index (χ1n) is 8.82. The Morgan fingerprint density at radius 1 is 1.19 bits per heavy atom. The Kier molecular flexibility index (Phi) is 6.23. The van der Waals surface area contributed by atoms with Crippen LogP contribution in [0.1, 0.15) is 12.8 Å². The van der Waals surface area contributed by atoms with E-state index in [0.717, 1.165) is 31.6 Å². The van der Waals surface area contributed by atoms with Gasteiger partial charge in [0, 0.05) is 39.3 Å². The Hall–Kier alpha value is -1.55. The summed E-state index contributed by atoms with van der Waals surface area (Å²) in [6.45, 7) is 2.83. The van der Waals surface area contributed by atoms with Crippen molar-refractivity contribution in [2.24, 2.45) is 0 Å². The van der Waals surface area contributed by atoms with Crippen molar-refractivity contribution >= 4 is 15.9 Å². The summed E-state index contributed by atoms with van der Waals surface area (Å²) in [5.41, 5.74) is 0. The highest BCUT2D eigenvalue weighted by Crippen LogP contribution is 2.18. The zero-order valence-electron chi connectivity index (χ0n) is 14.6. The molecule has 0 aliphatic carbocycles. The lowest BCUT2D eigenvalue weighted by Crippen LogP contribution is -2.52. The van der Waals surface area contributed by atoms with Crippen molar-refractivity contribution < 1.29 is 22.3 Å². The van der Waals surface area contributed by atoms with E-state index in [2.05, 4.69) is 5.32 Å². The maximum Gasteiger partial charge on any atom is 0.243 e. The molecular weight excluding hydrogens is 361 g/mol. The molecule has 2 heterocycles. The van der Waals surface area contributed by atoms with E-state index < -0.39 is 15.8 Å². The van der Waals surface area contributed by atoms with E-state index in [1.165, 1.54) is 16.4 Å². The molecule has 2 fully saturated rings. The van der Waals surface area contributed by atoms with Crippen LogP contribution >= 0.6 is 0 Å². The third kappa shape index (κ3) is 4.59. The zero-order chi connectivity index (χ0) is 18.6. The van der Waals surface area contributed by atoms with Crippen LogP contribution in [0.4, 0.5) is 4.39 Å². The zero-order valence-corrected chi connectivity index (χ0v) is 15.4. The van der Waals surface area contributed by atoms with Gasteiger partial charge in [0.1, 0.15) is 5.82 Å². The lowest BCUT2D eigenvalue weighted by Gasteiger charge is -2.34. The van der Waals surface area contributed by atoms with Crippen molar-refractivity contribution in [3.8, 4) is 0 Å². The topological polar surface area (TPSA) is 79.0 Å². The van der Waals surface area contributed by atoms with E-state index in [0.29, 0.717) is 19.6 Å². The molecule has 26 heavy (non-hydrogen) atoms. The van der Waals surface area contributed by atoms with Gasteiger partial charge in [0.25, 0.3) is 0 Å². The molecule has 1 aromatic rings. The van der Waals surface area contributed by atoms with Gasteiger partial charge in [0.15, 0.2) is 0 Å². The highest BCUT2D eigenvalue weighted by Gasteiger charge is 2.30. The first-order chi connectivity index (χ1) is 12.5. The fourth-order valence-electron chi connectivity index (χ4n) is 3.19. The summed E-state index contributed by atoms with van der Waals surface area (Å²) in [7, 11) is -3.66. The van der Waals surface area contributed by atoms with Crippen LogP contribution in [0.15, 0.2) is 29.2 Å². The molecule has 0 aromatic heterocycles. The number of ether oxygens (including phenoxy) is 1. The Labute approximate surface area is 153 Å². The van der Waals surface area contributed by atoms with Gasteiger partial charge in [-0.1, -0.05) is 0 Å². The summed E-state index contributed by atoms with van der Waals surface area (Å²) in [4.78, 5) is 14.0. The third-order valence-electron chi connectivity index (χ3n) is 4.71. The third-order valence-corrected chi connectivity index (χ3v) is 6.63. The molecule has 1 amide bonds. The van der Waals surface area contributed by atoms with Crippen molar-refractivity contribution in [2.45, 2.75) is 23.8 Å². The van der Waals surface area contributed by atoms with Crippen LogP contribution in [0.3, 0.4) is 0 Å². The Morgan fingerprint density at radius 3 is 2.50 bits per heavy atom. The van der Waals surface area contributed by atoms with Crippen LogP contribution in [-0.4, -0.2) is 75.5 Å². The van der Waals surface area contributed by atoms with Crippen LogP contribution in [0.2, 0.25) is 0 Å². The molecule has 7 nitrogen and oxygen atoms in total. The number of piperazine rings is 1. The summed E-state index contributed by atoms with van der Waals surface area (Å²) in [5.74, 6) is -0.517. The van der Waals surface area contributed by atoms with E-state index in [1.807, 2.05) is 0 Å². The van der Waals surface area contributed by atoms with Crippen LogP contribution in [0.5, 0.6) is 0 Å². The lowest BCUT2D eigenvalue weighted by molar-refractivity contribution is -0.131. The van der Waals surface area contributed by atoms with Gasteiger partial charge in [0.2, 0.25) is 15.9 Å². The summed E-state index contributed by atoms with van der Waals surface area (Å²) < 4.78 is 45.0. The lowest BCUT2D eigenvalue weighted by atomic mass is 10.2. The maximum absolute atomic E-state index is 13.0. The Balaban J connectivity index is 1.47. The number of halogens is 1. The number of benzene rings is 1. The van der Waals surface area contributed by atoms with E-state index in [1.54, 1.807) is 4.90 Å². The van der Waals surface area contributed by atoms with Crippen molar-refractivity contribution in [1.29, 1.82) is 0 Å². The number of nitrogens with zero attached hydrogens (tertiary/aromatic N) is 2. The summed E-state index contributed by atoms with van der Waals surface area (Å²) in [6.07, 6.45) is 2.26. The van der Waals surface area contributed by atoms with Crippen LogP contribution in [-0.2, 0) is 19.6 Å². The fourth-order valence-corrected chi connectivity index (χ4v) is 4.61. The van der Waals surface area contributed by atoms with Gasteiger partial charge in [0.05, 0.1) is 17.5 Å². The minimum Gasteiger partial charge on any atom is -0.377 e. The fraction of sp³-hybridized carbons (Fsp3) is 0.588. The largest absolute Gasteiger partial charge is 0.377 e. The number of rotatable bonds is 6. The van der Waals surface area contributed by atoms with Crippen LogP contribution in [0, 0.1) is 5.82 Å². The molecular formula is C17H24FN3O4S. The Morgan fingerprint density at radius 2 is 1.88 bits per heavy atom. The van der Waals surface area contributed by atoms with Gasteiger partial charge in [-0.3, -0.25) is 4.79 Å². The number of amides is 1. The number of carbonyl (C=O) groups is 1. The highest BCUT2D eigenvalue weighted by molar-refractivity contribution is 7.89. The molecule has 0 spiro atoms. The molecule has 3 rings (SSSR count). The van der Waals surface area contributed by atoms with Crippen molar-refractivity contribution in [3.05, 3.63) is 30.1 Å². The minimum absolute atomic E-state index is 0.0400. The molecule has 0 radical (unpaired) electrons. The number of hydrogen-bond acceptors (Lipinski definition) is 5. The molecule has 2 saturated heterocycles. The van der Waals surface area contributed by atoms with E-state index in [4.69, 9.17) is 4.74 Å². The van der Waals surface area contributed by atoms with E-state index in [-0.39, 0.29) is 36.5 Å². The average molecular weight is 385 g/mol. The molecule has 9 heteroatoms. The monoisotopic (exact) mass is 385 g/mol. The van der Waals surface area contributed by atoms with Crippen molar-refractivity contribution in [3.63, 3.8) is 0 Å². The average Bonchev–Trinajstić information content (AvgIpc) is 3.15. The number of hydrogen-bond donors (Lipinski definition) is 1. The first kappa shape index (κ1) is 19.2. The maximum atomic E-state index is 13.0.